The molecular formula is C21H26FN3O3. The average molecular weight is 387 g/mol. The van der Waals surface area contributed by atoms with Gasteiger partial charge in [-0.15, -0.1) is 6.58 Å². The van der Waals surface area contributed by atoms with Gasteiger partial charge in [0.15, 0.2) is 5.82 Å². The molecule has 1 atom stereocenters. The number of anilines is 1. The van der Waals surface area contributed by atoms with E-state index in [0.717, 1.165) is 25.9 Å². The number of benzene rings is 1. The molecular weight excluding hydrogens is 361 g/mol. The molecule has 1 unspecified atom stereocenters. The number of piperidine rings is 2. The molecule has 0 saturated carbocycles. The number of halogens is 1. The van der Waals surface area contributed by atoms with E-state index in [1.54, 1.807) is 24.1 Å². The van der Waals surface area contributed by atoms with E-state index in [9.17, 15) is 14.4 Å². The molecule has 2 aliphatic rings. The predicted molar refractivity (Wildman–Crippen MR) is 105 cm³/mol. The zero-order chi connectivity index (χ0) is 20.3. The monoisotopic (exact) mass is 387 g/mol. The van der Waals surface area contributed by atoms with Gasteiger partial charge in [0.05, 0.1) is 11.7 Å². The zero-order valence-electron chi connectivity index (χ0n) is 16.1. The quantitative estimate of drug-likeness (QED) is 0.461. The van der Waals surface area contributed by atoms with Gasteiger partial charge in [-0.25, -0.2) is 4.39 Å². The molecule has 7 heteroatoms. The summed E-state index contributed by atoms with van der Waals surface area (Å²) in [7, 11) is 1.70. The van der Waals surface area contributed by atoms with Crippen LogP contribution in [0.2, 0.25) is 0 Å². The Balaban J connectivity index is 1.81. The minimum absolute atomic E-state index is 0.114. The minimum atomic E-state index is -0.524. The van der Waals surface area contributed by atoms with Crippen LogP contribution >= 0.6 is 0 Å². The Kier molecular flexibility index (Phi) is 6.24. The van der Waals surface area contributed by atoms with E-state index >= 15 is 4.39 Å². The molecule has 1 N–H and O–H groups in total. The fraction of sp³-hybridized carbons (Fsp3) is 0.476. The second kappa shape index (κ2) is 8.65. The molecule has 1 aromatic rings. The van der Waals surface area contributed by atoms with E-state index in [2.05, 4.69) is 11.9 Å². The molecule has 150 valence electrons. The number of aldehydes is 1. The number of carbonyl (C=O) groups excluding carboxylic acids is 3. The number of hydrogen-bond donors (Lipinski definition) is 1. The van der Waals surface area contributed by atoms with Gasteiger partial charge >= 0.3 is 0 Å². The Labute approximate surface area is 164 Å². The van der Waals surface area contributed by atoms with E-state index in [1.165, 1.54) is 0 Å². The van der Waals surface area contributed by atoms with Crippen LogP contribution < -0.4 is 10.2 Å². The molecule has 6 nitrogen and oxygen atoms in total. The molecule has 0 aliphatic carbocycles. The lowest BCUT2D eigenvalue weighted by atomic mass is 9.96. The Bertz CT molecular complexity index is 787. The molecule has 2 amide bonds. The Hall–Kier alpha value is -2.54. The summed E-state index contributed by atoms with van der Waals surface area (Å²) in [5, 5.41) is 2.31. The highest BCUT2D eigenvalue weighted by molar-refractivity contribution is 6.00. The first kappa shape index (κ1) is 20.2. The van der Waals surface area contributed by atoms with Crippen LogP contribution in [0.5, 0.6) is 0 Å². The molecule has 2 saturated heterocycles. The van der Waals surface area contributed by atoms with Gasteiger partial charge in [-0.3, -0.25) is 24.6 Å². The fourth-order valence-corrected chi connectivity index (χ4v) is 3.98. The normalized spacial score (nSPS) is 21.0. The van der Waals surface area contributed by atoms with Crippen LogP contribution in [-0.4, -0.2) is 49.2 Å². The van der Waals surface area contributed by atoms with Crippen LogP contribution in [0.3, 0.4) is 0 Å². The summed E-state index contributed by atoms with van der Waals surface area (Å²) in [4.78, 5) is 38.6. The van der Waals surface area contributed by atoms with Crippen LogP contribution in [0, 0.1) is 11.7 Å². The van der Waals surface area contributed by atoms with Crippen molar-refractivity contribution in [2.45, 2.75) is 38.3 Å². The predicted octanol–water partition coefficient (Wildman–Crippen LogP) is 2.28. The molecule has 2 fully saturated rings. The smallest absolute Gasteiger partial charge is 0.243 e. The molecule has 2 aliphatic heterocycles. The molecule has 0 radical (unpaired) electrons. The van der Waals surface area contributed by atoms with Gasteiger partial charge in [-0.2, -0.15) is 0 Å². The molecule has 0 spiro atoms. The van der Waals surface area contributed by atoms with Crippen LogP contribution in [0.1, 0.15) is 41.6 Å². The summed E-state index contributed by atoms with van der Waals surface area (Å²) in [6.07, 6.45) is 5.07. The second-order valence-corrected chi connectivity index (χ2v) is 7.53. The largest absolute Gasteiger partial charge is 0.369 e. The van der Waals surface area contributed by atoms with Gasteiger partial charge in [0, 0.05) is 37.2 Å². The van der Waals surface area contributed by atoms with Crippen molar-refractivity contribution in [3.8, 4) is 0 Å². The summed E-state index contributed by atoms with van der Waals surface area (Å²) in [5.41, 5.74) is 1.05. The fourth-order valence-electron chi connectivity index (χ4n) is 3.98. The molecule has 2 heterocycles. The third-order valence-corrected chi connectivity index (χ3v) is 5.75. The first-order valence-electron chi connectivity index (χ1n) is 9.62. The molecule has 28 heavy (non-hydrogen) atoms. The number of likely N-dealkylation sites (N-methyl/N-ethyl adjacent to an activating group) is 1. The average Bonchev–Trinajstić information content (AvgIpc) is 2.69. The number of hydrogen-bond acceptors (Lipinski definition) is 5. The third-order valence-electron chi connectivity index (χ3n) is 5.75. The molecule has 1 aromatic carbocycles. The van der Waals surface area contributed by atoms with Crippen molar-refractivity contribution >= 4 is 23.8 Å². The van der Waals surface area contributed by atoms with Crippen LogP contribution in [-0.2, 0) is 16.1 Å². The summed E-state index contributed by atoms with van der Waals surface area (Å²) in [5.74, 6) is -0.638. The highest BCUT2D eigenvalue weighted by Crippen LogP contribution is 2.30. The first-order valence-corrected chi connectivity index (χ1v) is 9.62. The lowest BCUT2D eigenvalue weighted by Crippen LogP contribution is -2.51. The van der Waals surface area contributed by atoms with Crippen molar-refractivity contribution in [3.05, 3.63) is 41.7 Å². The van der Waals surface area contributed by atoms with E-state index < -0.39 is 11.9 Å². The maximum atomic E-state index is 15.4. The number of imide groups is 1. The number of amides is 2. The number of nitrogens with zero attached hydrogens (tertiary/aromatic N) is 2. The van der Waals surface area contributed by atoms with Crippen molar-refractivity contribution in [2.24, 2.45) is 5.92 Å². The van der Waals surface area contributed by atoms with Crippen molar-refractivity contribution in [3.63, 3.8) is 0 Å². The lowest BCUT2D eigenvalue weighted by molar-refractivity contribution is -0.137. The topological polar surface area (TPSA) is 69.7 Å². The highest BCUT2D eigenvalue weighted by Gasteiger charge is 2.31. The number of rotatable bonds is 6. The lowest BCUT2D eigenvalue weighted by Gasteiger charge is -2.34. The van der Waals surface area contributed by atoms with Crippen molar-refractivity contribution in [1.82, 2.24) is 10.2 Å². The Morgan fingerprint density at radius 1 is 1.29 bits per heavy atom. The van der Waals surface area contributed by atoms with Crippen LogP contribution in [0.4, 0.5) is 10.1 Å². The maximum Gasteiger partial charge on any atom is 0.243 e. The number of nitrogens with one attached hydrogen (secondary N) is 1. The van der Waals surface area contributed by atoms with Gasteiger partial charge in [-0.05, 0) is 44.4 Å². The van der Waals surface area contributed by atoms with Crippen LogP contribution in [0.25, 0.3) is 0 Å². The van der Waals surface area contributed by atoms with E-state index in [-0.39, 0.29) is 35.9 Å². The Morgan fingerprint density at radius 2 is 2.00 bits per heavy atom. The Morgan fingerprint density at radius 3 is 2.61 bits per heavy atom. The maximum absolute atomic E-state index is 15.4. The SMILES string of the molecule is C=CC1CCN(c2ccc(C=O)c(CN(C)C3CCC(=O)NC3=O)c2F)CC1. The van der Waals surface area contributed by atoms with Crippen molar-refractivity contribution in [1.29, 1.82) is 0 Å². The summed E-state index contributed by atoms with van der Waals surface area (Å²) in [6, 6.07) is 2.77. The minimum Gasteiger partial charge on any atom is -0.369 e. The summed E-state index contributed by atoms with van der Waals surface area (Å²) in [6.45, 7) is 5.41. The number of carbonyl (C=O) groups is 3. The third kappa shape index (κ3) is 4.14. The van der Waals surface area contributed by atoms with Crippen LogP contribution in [0.15, 0.2) is 24.8 Å². The van der Waals surface area contributed by atoms with Gasteiger partial charge in [0.1, 0.15) is 6.29 Å². The summed E-state index contributed by atoms with van der Waals surface area (Å²) >= 11 is 0. The van der Waals surface area contributed by atoms with Gasteiger partial charge in [-0.1, -0.05) is 6.08 Å². The van der Waals surface area contributed by atoms with Gasteiger partial charge in [0.25, 0.3) is 0 Å². The van der Waals surface area contributed by atoms with E-state index in [1.807, 2.05) is 11.0 Å². The molecule has 0 bridgehead atoms. The van der Waals surface area contributed by atoms with E-state index in [4.69, 9.17) is 0 Å². The van der Waals surface area contributed by atoms with Crippen molar-refractivity contribution in [2.75, 3.05) is 25.0 Å². The van der Waals surface area contributed by atoms with Gasteiger partial charge < -0.3 is 4.90 Å². The van der Waals surface area contributed by atoms with E-state index in [0.29, 0.717) is 24.3 Å². The van der Waals surface area contributed by atoms with Gasteiger partial charge in [0.2, 0.25) is 11.8 Å². The second-order valence-electron chi connectivity index (χ2n) is 7.53. The highest BCUT2D eigenvalue weighted by atomic mass is 19.1. The number of allylic oxidation sites excluding steroid dienone is 1. The molecule has 3 rings (SSSR count). The zero-order valence-corrected chi connectivity index (χ0v) is 16.1. The molecule has 0 aromatic heterocycles. The summed E-state index contributed by atoms with van der Waals surface area (Å²) < 4.78 is 15.4. The van der Waals surface area contributed by atoms with Crippen molar-refractivity contribution < 1.29 is 18.8 Å². The first-order chi connectivity index (χ1) is 13.4. The standard InChI is InChI=1S/C21H26FN3O3/c1-3-14-8-10-25(11-9-14)17-5-4-15(13-26)16(20(17)22)12-24(2)18-6-7-19(27)23-21(18)28/h3-5,13-14,18H,1,6-12H2,2H3,(H,23,27,28).